The summed E-state index contributed by atoms with van der Waals surface area (Å²) in [5, 5.41) is 19.2. The molecule has 25 heavy (non-hydrogen) atoms. The minimum absolute atomic E-state index is 0.101. The molecule has 0 radical (unpaired) electrons. The van der Waals surface area contributed by atoms with Gasteiger partial charge in [0.15, 0.2) is 0 Å². The molecule has 7 heteroatoms. The lowest BCUT2D eigenvalue weighted by Gasteiger charge is -2.20. The number of rotatable bonds is 9. The highest BCUT2D eigenvalue weighted by Gasteiger charge is 2.15. The van der Waals surface area contributed by atoms with Crippen LogP contribution in [-0.2, 0) is 6.54 Å². The number of urea groups is 1. The number of aromatic nitrogens is 2. The molecule has 7 nitrogen and oxygen atoms in total. The van der Waals surface area contributed by atoms with Gasteiger partial charge in [0.05, 0.1) is 18.8 Å². The predicted molar refractivity (Wildman–Crippen MR) is 98.4 cm³/mol. The van der Waals surface area contributed by atoms with Gasteiger partial charge in [-0.1, -0.05) is 30.3 Å². The van der Waals surface area contributed by atoms with E-state index in [0.717, 1.165) is 12.1 Å². The Morgan fingerprint density at radius 2 is 2.04 bits per heavy atom. The van der Waals surface area contributed by atoms with Gasteiger partial charge in [-0.15, -0.1) is 0 Å². The lowest BCUT2D eigenvalue weighted by Crippen LogP contribution is -2.33. The van der Waals surface area contributed by atoms with Crippen molar-refractivity contribution in [2.45, 2.75) is 25.4 Å². The summed E-state index contributed by atoms with van der Waals surface area (Å²) in [5.41, 5.74) is 1.02. The van der Waals surface area contributed by atoms with Gasteiger partial charge in [-0.25, -0.2) is 9.48 Å². The van der Waals surface area contributed by atoms with Gasteiger partial charge < -0.3 is 15.3 Å². The van der Waals surface area contributed by atoms with Crippen molar-refractivity contribution in [2.24, 2.45) is 0 Å². The predicted octanol–water partition coefficient (Wildman–Crippen LogP) is 2.08. The molecule has 2 rings (SSSR count). The summed E-state index contributed by atoms with van der Waals surface area (Å²) in [7, 11) is 3.99. The average molecular weight is 345 g/mol. The van der Waals surface area contributed by atoms with E-state index in [2.05, 4.69) is 20.6 Å². The van der Waals surface area contributed by atoms with Crippen LogP contribution in [0.1, 0.15) is 24.4 Å². The molecular weight excluding hydrogens is 318 g/mol. The number of hydrogen-bond acceptors (Lipinski definition) is 4. The first kappa shape index (κ1) is 19.0. The van der Waals surface area contributed by atoms with Crippen molar-refractivity contribution < 1.29 is 9.90 Å². The zero-order valence-corrected chi connectivity index (χ0v) is 14.9. The van der Waals surface area contributed by atoms with E-state index in [9.17, 15) is 4.79 Å². The van der Waals surface area contributed by atoms with Crippen LogP contribution in [0.2, 0.25) is 0 Å². The van der Waals surface area contributed by atoms with Crippen molar-refractivity contribution >= 4 is 11.8 Å². The quantitative estimate of drug-likeness (QED) is 0.650. The molecule has 1 heterocycles. The molecule has 2 aromatic rings. The number of aliphatic hydroxyl groups is 1. The van der Waals surface area contributed by atoms with Crippen molar-refractivity contribution in [1.82, 2.24) is 20.0 Å². The molecule has 0 aliphatic rings. The van der Waals surface area contributed by atoms with Crippen LogP contribution in [0.4, 0.5) is 10.6 Å². The third-order valence-electron chi connectivity index (χ3n) is 3.88. The van der Waals surface area contributed by atoms with Crippen LogP contribution in [0.5, 0.6) is 0 Å². The van der Waals surface area contributed by atoms with Crippen LogP contribution >= 0.6 is 0 Å². The molecule has 2 amide bonds. The van der Waals surface area contributed by atoms with Crippen LogP contribution in [-0.4, -0.2) is 53.1 Å². The zero-order valence-electron chi connectivity index (χ0n) is 14.9. The van der Waals surface area contributed by atoms with Crippen molar-refractivity contribution in [3.05, 3.63) is 48.2 Å². The van der Waals surface area contributed by atoms with Gasteiger partial charge in [-0.05, 0) is 32.5 Å². The number of benzene rings is 1. The molecular formula is C18H27N5O2. The third-order valence-corrected chi connectivity index (χ3v) is 3.88. The molecule has 136 valence electrons. The Morgan fingerprint density at radius 3 is 2.72 bits per heavy atom. The van der Waals surface area contributed by atoms with Crippen molar-refractivity contribution in [1.29, 1.82) is 0 Å². The van der Waals surface area contributed by atoms with Crippen molar-refractivity contribution in [3.8, 4) is 0 Å². The number of anilines is 1. The summed E-state index contributed by atoms with van der Waals surface area (Å²) in [6.07, 6.45) is 2.97. The molecule has 0 aliphatic heterocycles. The number of carbonyl (C=O) groups excluding carboxylic acids is 1. The average Bonchev–Trinajstić information content (AvgIpc) is 3.04. The molecule has 1 aromatic heterocycles. The molecule has 3 N–H and O–H groups in total. The standard InChI is InChI=1S/C18H27N5O2/c1-22(2)12-13-23-17(10-11-19-23)21-18(25)20-16(9-6-14-24)15-7-4-3-5-8-15/h3-5,7-8,10-11,16,24H,6,9,12-14H2,1-2H3,(H2,20,21,25). The van der Waals surface area contributed by atoms with Gasteiger partial charge in [0.25, 0.3) is 0 Å². The lowest BCUT2D eigenvalue weighted by atomic mass is 10.0. The van der Waals surface area contributed by atoms with E-state index >= 15 is 0 Å². The normalized spacial score (nSPS) is 12.2. The summed E-state index contributed by atoms with van der Waals surface area (Å²) >= 11 is 0. The van der Waals surface area contributed by atoms with Gasteiger partial charge in [0, 0.05) is 19.2 Å². The van der Waals surface area contributed by atoms with E-state index in [1.807, 2.05) is 44.4 Å². The van der Waals surface area contributed by atoms with E-state index in [1.165, 1.54) is 0 Å². The smallest absolute Gasteiger partial charge is 0.320 e. The van der Waals surface area contributed by atoms with E-state index in [-0.39, 0.29) is 18.7 Å². The number of aliphatic hydroxyl groups excluding tert-OH is 1. The van der Waals surface area contributed by atoms with Gasteiger partial charge in [-0.3, -0.25) is 5.32 Å². The fourth-order valence-electron chi connectivity index (χ4n) is 2.53. The molecule has 1 unspecified atom stereocenters. The molecule has 0 fully saturated rings. The minimum Gasteiger partial charge on any atom is -0.396 e. The summed E-state index contributed by atoms with van der Waals surface area (Å²) in [6, 6.07) is 11.1. The molecule has 0 saturated heterocycles. The fourth-order valence-corrected chi connectivity index (χ4v) is 2.53. The summed E-state index contributed by atoms with van der Waals surface area (Å²) in [5.74, 6) is 0.660. The molecule has 0 bridgehead atoms. The molecule has 0 spiro atoms. The Bertz CT molecular complexity index is 642. The maximum absolute atomic E-state index is 12.4. The van der Waals surface area contributed by atoms with Gasteiger partial charge in [0.1, 0.15) is 5.82 Å². The van der Waals surface area contributed by atoms with Crippen LogP contribution < -0.4 is 10.6 Å². The maximum Gasteiger partial charge on any atom is 0.320 e. The van der Waals surface area contributed by atoms with Crippen molar-refractivity contribution in [2.75, 3.05) is 32.6 Å². The lowest BCUT2D eigenvalue weighted by molar-refractivity contribution is 0.243. The van der Waals surface area contributed by atoms with E-state index < -0.39 is 0 Å². The third kappa shape index (κ3) is 6.21. The monoisotopic (exact) mass is 345 g/mol. The van der Waals surface area contributed by atoms with Crippen LogP contribution in [0.3, 0.4) is 0 Å². The summed E-state index contributed by atoms with van der Waals surface area (Å²) in [6.45, 7) is 1.63. The largest absolute Gasteiger partial charge is 0.396 e. The number of likely N-dealkylation sites (N-methyl/N-ethyl adjacent to an activating group) is 1. The number of nitrogens with zero attached hydrogens (tertiary/aromatic N) is 3. The minimum atomic E-state index is -0.279. The molecule has 0 saturated carbocycles. The fraction of sp³-hybridized carbons (Fsp3) is 0.444. The first-order chi connectivity index (χ1) is 12.1. The number of nitrogens with one attached hydrogen (secondary N) is 2. The topological polar surface area (TPSA) is 82.4 Å². The van der Waals surface area contributed by atoms with E-state index in [0.29, 0.717) is 25.2 Å². The van der Waals surface area contributed by atoms with E-state index in [1.54, 1.807) is 16.9 Å². The second-order valence-corrected chi connectivity index (χ2v) is 6.17. The number of carbonyl (C=O) groups is 1. The van der Waals surface area contributed by atoms with Crippen LogP contribution in [0, 0.1) is 0 Å². The van der Waals surface area contributed by atoms with Crippen molar-refractivity contribution in [3.63, 3.8) is 0 Å². The van der Waals surface area contributed by atoms with E-state index in [4.69, 9.17) is 5.11 Å². The Balaban J connectivity index is 1.98. The highest BCUT2D eigenvalue weighted by atomic mass is 16.3. The maximum atomic E-state index is 12.4. The Hall–Kier alpha value is -2.38. The Labute approximate surface area is 148 Å². The molecule has 1 atom stereocenters. The summed E-state index contributed by atoms with van der Waals surface area (Å²) < 4.78 is 1.77. The highest BCUT2D eigenvalue weighted by Crippen LogP contribution is 2.18. The van der Waals surface area contributed by atoms with Gasteiger partial charge in [0.2, 0.25) is 0 Å². The number of hydrogen-bond donors (Lipinski definition) is 3. The van der Waals surface area contributed by atoms with Crippen LogP contribution in [0.25, 0.3) is 0 Å². The highest BCUT2D eigenvalue weighted by molar-refractivity contribution is 5.88. The second-order valence-electron chi connectivity index (χ2n) is 6.17. The van der Waals surface area contributed by atoms with Crippen LogP contribution in [0.15, 0.2) is 42.6 Å². The van der Waals surface area contributed by atoms with Gasteiger partial charge >= 0.3 is 6.03 Å². The number of amides is 2. The Kier molecular flexibility index (Phi) is 7.43. The molecule has 0 aliphatic carbocycles. The summed E-state index contributed by atoms with van der Waals surface area (Å²) in [4.78, 5) is 14.5. The van der Waals surface area contributed by atoms with Gasteiger partial charge in [-0.2, -0.15) is 5.10 Å². The molecule has 1 aromatic carbocycles. The SMILES string of the molecule is CN(C)CCn1nccc1NC(=O)NC(CCCO)c1ccccc1. The second kappa shape index (κ2) is 9.80. The first-order valence-corrected chi connectivity index (χ1v) is 8.50. The Morgan fingerprint density at radius 1 is 1.28 bits per heavy atom. The first-order valence-electron chi connectivity index (χ1n) is 8.50. The zero-order chi connectivity index (χ0) is 18.1.